The summed E-state index contributed by atoms with van der Waals surface area (Å²) in [6.45, 7) is 3.33. The molecule has 0 aromatic carbocycles. The molecule has 1 aliphatic heterocycles. The number of rotatable bonds is 1. The van der Waals surface area contributed by atoms with Crippen LogP contribution < -0.4 is 5.73 Å². The van der Waals surface area contributed by atoms with Gasteiger partial charge in [0.25, 0.3) is 0 Å². The van der Waals surface area contributed by atoms with Gasteiger partial charge in [0.1, 0.15) is 0 Å². The second-order valence-electron chi connectivity index (χ2n) is 3.01. The summed E-state index contributed by atoms with van der Waals surface area (Å²) in [5.74, 6) is 0.767. The van der Waals surface area contributed by atoms with Gasteiger partial charge in [-0.15, -0.1) is 24.8 Å². The molecule has 1 heterocycles. The minimum absolute atomic E-state index is 0. The first-order valence-corrected chi connectivity index (χ1v) is 3.71. The van der Waals surface area contributed by atoms with Gasteiger partial charge in [0.05, 0.1) is 0 Å². The van der Waals surface area contributed by atoms with Gasteiger partial charge in [-0.2, -0.15) is 0 Å². The van der Waals surface area contributed by atoms with E-state index in [9.17, 15) is 0 Å². The zero-order chi connectivity index (χ0) is 6.69. The number of nitrogens with zero attached hydrogens (tertiary/aromatic N) is 1. The molecule has 2 nitrogen and oxygen atoms in total. The van der Waals surface area contributed by atoms with E-state index in [0.29, 0.717) is 0 Å². The Morgan fingerprint density at radius 2 is 2.09 bits per heavy atom. The average Bonchev–Trinajstić information content (AvgIpc) is 1.88. The maximum atomic E-state index is 5.54. The second-order valence-corrected chi connectivity index (χ2v) is 3.01. The summed E-state index contributed by atoms with van der Waals surface area (Å²) in [4.78, 5) is 2.36. The van der Waals surface area contributed by atoms with Gasteiger partial charge in [-0.05, 0) is 38.9 Å². The predicted octanol–water partition coefficient (Wildman–Crippen LogP) is 1.13. The lowest BCUT2D eigenvalue weighted by molar-refractivity contribution is 0.214. The molecule has 0 aromatic heterocycles. The molecule has 1 atom stereocenters. The van der Waals surface area contributed by atoms with Gasteiger partial charge in [0.15, 0.2) is 0 Å². The normalized spacial score (nSPS) is 25.1. The molecular formula is C7H18Cl2N2. The maximum Gasteiger partial charge on any atom is 0.00187 e. The first-order chi connectivity index (χ1) is 4.33. The Balaban J connectivity index is 0. The molecule has 0 bridgehead atoms. The van der Waals surface area contributed by atoms with Crippen LogP contribution in [-0.4, -0.2) is 31.6 Å². The molecule has 1 rings (SSSR count). The summed E-state index contributed by atoms with van der Waals surface area (Å²) in [5, 5.41) is 0. The van der Waals surface area contributed by atoms with Crippen LogP contribution in [0.2, 0.25) is 0 Å². The van der Waals surface area contributed by atoms with Crippen LogP contribution in [0.4, 0.5) is 0 Å². The largest absolute Gasteiger partial charge is 0.330 e. The van der Waals surface area contributed by atoms with E-state index in [2.05, 4.69) is 11.9 Å². The zero-order valence-corrected chi connectivity index (χ0v) is 8.59. The average molecular weight is 201 g/mol. The third kappa shape index (κ3) is 4.86. The van der Waals surface area contributed by atoms with E-state index in [1.165, 1.54) is 25.9 Å². The van der Waals surface area contributed by atoms with Gasteiger partial charge >= 0.3 is 0 Å². The topological polar surface area (TPSA) is 29.3 Å². The molecular weight excluding hydrogens is 183 g/mol. The van der Waals surface area contributed by atoms with Gasteiger partial charge in [-0.1, -0.05) is 0 Å². The van der Waals surface area contributed by atoms with Crippen LogP contribution in [0.15, 0.2) is 0 Å². The fourth-order valence-corrected chi connectivity index (χ4v) is 1.47. The number of piperidine rings is 1. The van der Waals surface area contributed by atoms with E-state index in [0.717, 1.165) is 12.5 Å². The summed E-state index contributed by atoms with van der Waals surface area (Å²) in [5.41, 5.74) is 5.54. The van der Waals surface area contributed by atoms with Gasteiger partial charge in [0.2, 0.25) is 0 Å². The third-order valence-electron chi connectivity index (χ3n) is 2.06. The molecule has 0 radical (unpaired) electrons. The first-order valence-electron chi connectivity index (χ1n) is 3.71. The van der Waals surface area contributed by atoms with Crippen molar-refractivity contribution in [1.82, 2.24) is 4.90 Å². The third-order valence-corrected chi connectivity index (χ3v) is 2.06. The number of nitrogens with two attached hydrogens (primary N) is 1. The molecule has 1 fully saturated rings. The van der Waals surface area contributed by atoms with Crippen molar-refractivity contribution in [1.29, 1.82) is 0 Å². The van der Waals surface area contributed by atoms with E-state index in [4.69, 9.17) is 5.73 Å². The van der Waals surface area contributed by atoms with E-state index in [1.807, 2.05) is 0 Å². The highest BCUT2D eigenvalue weighted by Gasteiger charge is 2.14. The van der Waals surface area contributed by atoms with E-state index in [-0.39, 0.29) is 24.8 Å². The fraction of sp³-hybridized carbons (Fsp3) is 1.00. The molecule has 0 unspecified atom stereocenters. The quantitative estimate of drug-likeness (QED) is 0.689. The van der Waals surface area contributed by atoms with Crippen LogP contribution in [-0.2, 0) is 0 Å². The van der Waals surface area contributed by atoms with Crippen molar-refractivity contribution in [3.8, 4) is 0 Å². The van der Waals surface area contributed by atoms with Crippen LogP contribution in [0.5, 0.6) is 0 Å². The number of likely N-dealkylation sites (tertiary alicyclic amines) is 1. The van der Waals surface area contributed by atoms with Crippen LogP contribution >= 0.6 is 24.8 Å². The lowest BCUT2D eigenvalue weighted by Gasteiger charge is -2.28. The minimum atomic E-state index is 0. The number of hydrogen-bond donors (Lipinski definition) is 1. The molecule has 0 amide bonds. The highest BCUT2D eigenvalue weighted by molar-refractivity contribution is 5.85. The van der Waals surface area contributed by atoms with Crippen molar-refractivity contribution < 1.29 is 0 Å². The summed E-state index contributed by atoms with van der Waals surface area (Å²) < 4.78 is 0. The van der Waals surface area contributed by atoms with Crippen molar-refractivity contribution in [3.05, 3.63) is 0 Å². The molecule has 11 heavy (non-hydrogen) atoms. The highest BCUT2D eigenvalue weighted by atomic mass is 35.5. The fourth-order valence-electron chi connectivity index (χ4n) is 1.47. The molecule has 1 saturated heterocycles. The molecule has 1 aliphatic rings. The Kier molecular flexibility index (Phi) is 9.15. The Hall–Kier alpha value is 0.500. The van der Waals surface area contributed by atoms with Crippen molar-refractivity contribution in [2.24, 2.45) is 11.7 Å². The summed E-state index contributed by atoms with van der Waals surface area (Å²) >= 11 is 0. The van der Waals surface area contributed by atoms with Gasteiger partial charge in [0, 0.05) is 6.54 Å². The van der Waals surface area contributed by atoms with Gasteiger partial charge in [-0.25, -0.2) is 0 Å². The summed E-state index contributed by atoms with van der Waals surface area (Å²) in [6, 6.07) is 0. The number of halogens is 2. The van der Waals surface area contributed by atoms with Crippen molar-refractivity contribution in [2.75, 3.05) is 26.7 Å². The lowest BCUT2D eigenvalue weighted by atomic mass is 9.99. The van der Waals surface area contributed by atoms with Crippen LogP contribution in [0.1, 0.15) is 12.8 Å². The SMILES string of the molecule is CN1CCC[C@H](CN)C1.Cl.Cl. The Morgan fingerprint density at radius 3 is 2.45 bits per heavy atom. The Morgan fingerprint density at radius 1 is 1.45 bits per heavy atom. The standard InChI is InChI=1S/C7H16N2.2ClH/c1-9-4-2-3-7(5-8)6-9;;/h7H,2-6,8H2,1H3;2*1H/t7-;;/m1../s1. The summed E-state index contributed by atoms with van der Waals surface area (Å²) in [6.07, 6.45) is 2.67. The maximum absolute atomic E-state index is 5.54. The summed E-state index contributed by atoms with van der Waals surface area (Å²) in [7, 11) is 2.17. The molecule has 0 aromatic rings. The first kappa shape index (κ1) is 14.0. The molecule has 4 heteroatoms. The van der Waals surface area contributed by atoms with E-state index in [1.54, 1.807) is 0 Å². The predicted molar refractivity (Wildman–Crippen MR) is 53.8 cm³/mol. The zero-order valence-electron chi connectivity index (χ0n) is 6.95. The van der Waals surface area contributed by atoms with E-state index < -0.39 is 0 Å². The molecule has 0 spiro atoms. The monoisotopic (exact) mass is 200 g/mol. The molecule has 2 N–H and O–H groups in total. The van der Waals surface area contributed by atoms with Crippen LogP contribution in [0.3, 0.4) is 0 Å². The van der Waals surface area contributed by atoms with Crippen LogP contribution in [0.25, 0.3) is 0 Å². The van der Waals surface area contributed by atoms with Crippen LogP contribution in [0, 0.1) is 5.92 Å². The van der Waals surface area contributed by atoms with Crippen molar-refractivity contribution in [2.45, 2.75) is 12.8 Å². The van der Waals surface area contributed by atoms with Gasteiger partial charge < -0.3 is 10.6 Å². The lowest BCUT2D eigenvalue weighted by Crippen LogP contribution is -2.35. The van der Waals surface area contributed by atoms with E-state index >= 15 is 0 Å². The Bertz CT molecular complexity index is 90.5. The Labute approximate surface area is 81.3 Å². The highest BCUT2D eigenvalue weighted by Crippen LogP contribution is 2.12. The molecule has 0 aliphatic carbocycles. The molecule has 70 valence electrons. The van der Waals surface area contributed by atoms with Crippen molar-refractivity contribution in [3.63, 3.8) is 0 Å². The second kappa shape index (κ2) is 7.17. The molecule has 0 saturated carbocycles. The van der Waals surface area contributed by atoms with Gasteiger partial charge in [-0.3, -0.25) is 0 Å². The minimum Gasteiger partial charge on any atom is -0.330 e. The smallest absolute Gasteiger partial charge is 0.00187 e. The number of hydrogen-bond acceptors (Lipinski definition) is 2. The van der Waals surface area contributed by atoms with Crippen molar-refractivity contribution >= 4 is 24.8 Å².